The first kappa shape index (κ1) is 21.9. The maximum absolute atomic E-state index is 9.33. The zero-order valence-electron chi connectivity index (χ0n) is 20.1. The smallest absolute Gasteiger partial charge is 0.0456 e. The van der Waals surface area contributed by atoms with E-state index in [1.165, 1.54) is 70.6 Å². The van der Waals surface area contributed by atoms with Gasteiger partial charge in [0.05, 0.1) is 0 Å². The molecule has 0 aromatic heterocycles. The van der Waals surface area contributed by atoms with Crippen LogP contribution in [-0.2, 0) is 0 Å². The van der Waals surface area contributed by atoms with E-state index in [9.17, 15) is 5.11 Å². The molecule has 0 spiro atoms. The van der Waals surface area contributed by atoms with Gasteiger partial charge in [-0.2, -0.15) is 0 Å². The minimum absolute atomic E-state index is 0.353. The fraction of sp³-hybridized carbons (Fsp3) is 0.929. The number of aliphatic hydroxyl groups excluding tert-OH is 1. The molecule has 0 amide bonds. The Balaban J connectivity index is 1.48. The SMILES string of the molecule is CC(CO)CCC[C@@H](C)[C@H]1CC[C@H]2C3=CCC4[C@H](C)CCC[C@]4(C)[C@H]3CC[C@]12C. The van der Waals surface area contributed by atoms with Gasteiger partial charge in [-0.1, -0.05) is 72.0 Å². The summed E-state index contributed by atoms with van der Waals surface area (Å²) in [7, 11) is 0. The molecule has 0 bridgehead atoms. The second-order valence-electron chi connectivity index (χ2n) is 12.5. The monoisotopic (exact) mass is 400 g/mol. The molecule has 3 saturated carbocycles. The van der Waals surface area contributed by atoms with Gasteiger partial charge in [0.1, 0.15) is 0 Å². The van der Waals surface area contributed by atoms with E-state index in [-0.39, 0.29) is 0 Å². The van der Waals surface area contributed by atoms with Gasteiger partial charge >= 0.3 is 0 Å². The minimum Gasteiger partial charge on any atom is -0.396 e. The number of hydrogen-bond donors (Lipinski definition) is 1. The molecule has 4 rings (SSSR count). The zero-order valence-corrected chi connectivity index (χ0v) is 20.1. The summed E-state index contributed by atoms with van der Waals surface area (Å²) in [5.41, 5.74) is 3.07. The van der Waals surface area contributed by atoms with Crippen LogP contribution in [-0.4, -0.2) is 11.7 Å². The molecule has 1 N–H and O–H groups in total. The summed E-state index contributed by atoms with van der Waals surface area (Å²) in [5.74, 6) is 5.87. The van der Waals surface area contributed by atoms with Crippen LogP contribution in [0.5, 0.6) is 0 Å². The number of rotatable bonds is 6. The zero-order chi connectivity index (χ0) is 20.8. The molecule has 0 heterocycles. The van der Waals surface area contributed by atoms with Crippen LogP contribution in [0, 0.1) is 52.3 Å². The van der Waals surface area contributed by atoms with Gasteiger partial charge < -0.3 is 5.11 Å². The fourth-order valence-electron chi connectivity index (χ4n) is 9.08. The number of aliphatic hydroxyl groups is 1. The van der Waals surface area contributed by atoms with E-state index in [4.69, 9.17) is 0 Å². The van der Waals surface area contributed by atoms with E-state index in [0.29, 0.717) is 23.4 Å². The summed E-state index contributed by atoms with van der Waals surface area (Å²) >= 11 is 0. The van der Waals surface area contributed by atoms with Crippen molar-refractivity contribution in [2.45, 2.75) is 105 Å². The minimum atomic E-state index is 0.353. The molecule has 0 aliphatic heterocycles. The second kappa shape index (κ2) is 8.33. The maximum atomic E-state index is 9.33. The molecule has 4 aliphatic carbocycles. The highest BCUT2D eigenvalue weighted by Gasteiger charge is 2.58. The molecule has 0 radical (unpaired) electrons. The second-order valence-corrected chi connectivity index (χ2v) is 12.5. The lowest BCUT2D eigenvalue weighted by Crippen LogP contribution is -2.50. The van der Waals surface area contributed by atoms with Crippen LogP contribution in [0.4, 0.5) is 0 Å². The lowest BCUT2D eigenvalue weighted by molar-refractivity contribution is -0.0286. The van der Waals surface area contributed by atoms with Crippen LogP contribution in [0.1, 0.15) is 105 Å². The van der Waals surface area contributed by atoms with Crippen molar-refractivity contribution in [3.8, 4) is 0 Å². The van der Waals surface area contributed by atoms with Crippen LogP contribution < -0.4 is 0 Å². The molecule has 1 nitrogen and oxygen atoms in total. The van der Waals surface area contributed by atoms with Crippen molar-refractivity contribution in [2.24, 2.45) is 52.3 Å². The van der Waals surface area contributed by atoms with Crippen LogP contribution in [0.3, 0.4) is 0 Å². The predicted molar refractivity (Wildman–Crippen MR) is 124 cm³/mol. The third-order valence-corrected chi connectivity index (χ3v) is 10.9. The number of fused-ring (bicyclic) bond motifs is 5. The average Bonchev–Trinajstić information content (AvgIpc) is 3.05. The van der Waals surface area contributed by atoms with Gasteiger partial charge in [0.2, 0.25) is 0 Å². The van der Waals surface area contributed by atoms with Gasteiger partial charge in [-0.25, -0.2) is 0 Å². The van der Waals surface area contributed by atoms with Crippen LogP contribution in [0.25, 0.3) is 0 Å². The normalized spacial score (nSPS) is 46.3. The molecule has 0 aromatic carbocycles. The summed E-state index contributed by atoms with van der Waals surface area (Å²) < 4.78 is 0. The Morgan fingerprint density at radius 2 is 1.76 bits per heavy atom. The van der Waals surface area contributed by atoms with Gasteiger partial charge in [0.15, 0.2) is 0 Å². The van der Waals surface area contributed by atoms with E-state index < -0.39 is 0 Å². The highest BCUT2D eigenvalue weighted by atomic mass is 16.3. The Labute approximate surface area is 181 Å². The number of hydrogen-bond acceptors (Lipinski definition) is 1. The van der Waals surface area contributed by atoms with Crippen LogP contribution in [0.2, 0.25) is 0 Å². The van der Waals surface area contributed by atoms with E-state index in [2.05, 4.69) is 40.7 Å². The quantitative estimate of drug-likeness (QED) is 0.454. The topological polar surface area (TPSA) is 20.2 Å². The van der Waals surface area contributed by atoms with E-state index >= 15 is 0 Å². The summed E-state index contributed by atoms with van der Waals surface area (Å²) in [5, 5.41) is 9.33. The summed E-state index contributed by atoms with van der Waals surface area (Å²) in [6.45, 7) is 13.0. The highest BCUT2D eigenvalue weighted by Crippen LogP contribution is 2.67. The molecule has 9 atom stereocenters. The van der Waals surface area contributed by atoms with Gasteiger partial charge in [0, 0.05) is 6.61 Å². The molecule has 4 aliphatic rings. The number of allylic oxidation sites excluding steroid dienone is 2. The molecule has 0 aromatic rings. The lowest BCUT2D eigenvalue weighted by atomic mass is 9.46. The van der Waals surface area contributed by atoms with E-state index in [0.717, 1.165) is 35.5 Å². The van der Waals surface area contributed by atoms with Crippen molar-refractivity contribution in [2.75, 3.05) is 6.61 Å². The molecule has 166 valence electrons. The van der Waals surface area contributed by atoms with Gasteiger partial charge in [0.25, 0.3) is 0 Å². The summed E-state index contributed by atoms with van der Waals surface area (Å²) in [6.07, 6.45) is 18.2. The van der Waals surface area contributed by atoms with Crippen molar-refractivity contribution in [1.29, 1.82) is 0 Å². The average molecular weight is 401 g/mol. The Kier molecular flexibility index (Phi) is 6.29. The molecule has 0 saturated heterocycles. The Bertz CT molecular complexity index is 607. The van der Waals surface area contributed by atoms with Crippen LogP contribution in [0.15, 0.2) is 11.6 Å². The summed E-state index contributed by atoms with van der Waals surface area (Å²) in [4.78, 5) is 0. The van der Waals surface area contributed by atoms with Crippen molar-refractivity contribution >= 4 is 0 Å². The Hall–Kier alpha value is -0.300. The van der Waals surface area contributed by atoms with Crippen molar-refractivity contribution in [1.82, 2.24) is 0 Å². The molecule has 3 fully saturated rings. The van der Waals surface area contributed by atoms with Gasteiger partial charge in [-0.05, 0) is 97.2 Å². The molecule has 1 heteroatoms. The molecule has 2 unspecified atom stereocenters. The maximum Gasteiger partial charge on any atom is 0.0456 e. The first-order valence-electron chi connectivity index (χ1n) is 13.1. The first-order valence-corrected chi connectivity index (χ1v) is 13.1. The van der Waals surface area contributed by atoms with Crippen molar-refractivity contribution in [3.63, 3.8) is 0 Å². The lowest BCUT2D eigenvalue weighted by Gasteiger charge is -2.58. The van der Waals surface area contributed by atoms with Gasteiger partial charge in [-0.3, -0.25) is 0 Å². The van der Waals surface area contributed by atoms with E-state index in [1.54, 1.807) is 0 Å². The molecular weight excluding hydrogens is 352 g/mol. The Morgan fingerprint density at radius 1 is 1.00 bits per heavy atom. The molecule has 29 heavy (non-hydrogen) atoms. The third-order valence-electron chi connectivity index (χ3n) is 10.9. The fourth-order valence-corrected chi connectivity index (χ4v) is 9.08. The predicted octanol–water partition coefficient (Wildman–Crippen LogP) is 7.64. The molecular formula is C28H48O. The highest BCUT2D eigenvalue weighted by molar-refractivity contribution is 5.27. The van der Waals surface area contributed by atoms with Crippen molar-refractivity contribution < 1.29 is 5.11 Å². The Morgan fingerprint density at radius 3 is 2.52 bits per heavy atom. The van der Waals surface area contributed by atoms with Crippen molar-refractivity contribution in [3.05, 3.63) is 11.6 Å². The summed E-state index contributed by atoms with van der Waals surface area (Å²) in [6, 6.07) is 0. The third kappa shape index (κ3) is 3.66. The van der Waals surface area contributed by atoms with Gasteiger partial charge in [-0.15, -0.1) is 0 Å². The largest absolute Gasteiger partial charge is 0.396 e. The van der Waals surface area contributed by atoms with Crippen LogP contribution >= 0.6 is 0 Å². The standard InChI is InChI=1S/C28H48O/c1-19(18-29)8-6-9-20(2)24-13-14-25-22-11-12-23-21(3)10-7-16-27(23,4)26(22)15-17-28(24,25)5/h11,19-21,23-26,29H,6-10,12-18H2,1-5H3/t19?,20-,21-,23?,24-,25+,26+,27+,28-/m1/s1. The van der Waals surface area contributed by atoms with E-state index in [1.807, 2.05) is 5.57 Å². The first-order chi connectivity index (χ1) is 13.8.